The van der Waals surface area contributed by atoms with Crippen molar-refractivity contribution < 1.29 is 4.74 Å². The Morgan fingerprint density at radius 2 is 2.00 bits per heavy atom. The monoisotopic (exact) mass is 406 g/mol. The SMILES string of the molecule is CCCCn1c2ccn([C@@H]3C(C)(C)[C@@H]4CC[C@@]3(C)C4)c(=O)c2c2cccc(OC)c21. The van der Waals surface area contributed by atoms with Crippen LogP contribution in [0.3, 0.4) is 0 Å². The third-order valence-corrected chi connectivity index (χ3v) is 8.35. The summed E-state index contributed by atoms with van der Waals surface area (Å²) >= 11 is 0. The molecular weight excluding hydrogens is 372 g/mol. The number of pyridine rings is 1. The average Bonchev–Trinajstić information content (AvgIpc) is 3.32. The van der Waals surface area contributed by atoms with Crippen molar-refractivity contribution in [2.75, 3.05) is 7.11 Å². The van der Waals surface area contributed by atoms with Gasteiger partial charge in [-0.1, -0.05) is 46.2 Å². The summed E-state index contributed by atoms with van der Waals surface area (Å²) in [6, 6.07) is 8.52. The minimum Gasteiger partial charge on any atom is -0.495 e. The molecule has 0 saturated heterocycles. The zero-order chi connectivity index (χ0) is 21.3. The summed E-state index contributed by atoms with van der Waals surface area (Å²) in [6.07, 6.45) is 8.03. The highest BCUT2D eigenvalue weighted by atomic mass is 16.5. The number of para-hydroxylation sites is 1. The van der Waals surface area contributed by atoms with E-state index in [2.05, 4.69) is 55.2 Å². The number of fused-ring (bicyclic) bond motifs is 5. The average molecular weight is 407 g/mol. The Labute approximate surface area is 178 Å². The number of rotatable bonds is 5. The van der Waals surface area contributed by atoms with Crippen molar-refractivity contribution in [1.29, 1.82) is 0 Å². The van der Waals surface area contributed by atoms with E-state index in [9.17, 15) is 4.79 Å². The van der Waals surface area contributed by atoms with Gasteiger partial charge in [0.25, 0.3) is 5.56 Å². The normalized spacial score (nSPS) is 27.4. The Morgan fingerprint density at radius 3 is 2.67 bits per heavy atom. The summed E-state index contributed by atoms with van der Waals surface area (Å²) in [5, 5.41) is 1.87. The van der Waals surface area contributed by atoms with Crippen LogP contribution in [0.2, 0.25) is 0 Å². The first-order valence-corrected chi connectivity index (χ1v) is 11.5. The second-order valence-corrected chi connectivity index (χ2v) is 10.5. The number of methoxy groups -OCH3 is 1. The van der Waals surface area contributed by atoms with Crippen LogP contribution in [0.25, 0.3) is 21.8 Å². The first kappa shape index (κ1) is 19.7. The van der Waals surface area contributed by atoms with Crippen LogP contribution in [-0.2, 0) is 6.54 Å². The van der Waals surface area contributed by atoms with Crippen LogP contribution in [-0.4, -0.2) is 16.2 Å². The van der Waals surface area contributed by atoms with E-state index in [0.717, 1.165) is 46.9 Å². The summed E-state index contributed by atoms with van der Waals surface area (Å²) < 4.78 is 10.1. The highest BCUT2D eigenvalue weighted by Crippen LogP contribution is 2.67. The van der Waals surface area contributed by atoms with Gasteiger partial charge in [-0.25, -0.2) is 0 Å². The van der Waals surface area contributed by atoms with Crippen LogP contribution in [0.1, 0.15) is 65.8 Å². The van der Waals surface area contributed by atoms with Crippen LogP contribution in [0, 0.1) is 16.7 Å². The zero-order valence-corrected chi connectivity index (χ0v) is 19.0. The van der Waals surface area contributed by atoms with Gasteiger partial charge in [-0.15, -0.1) is 0 Å². The van der Waals surface area contributed by atoms with E-state index >= 15 is 0 Å². The molecule has 2 heterocycles. The lowest BCUT2D eigenvalue weighted by molar-refractivity contribution is 0.0811. The number of aromatic nitrogens is 2. The molecule has 0 N–H and O–H groups in total. The van der Waals surface area contributed by atoms with Crippen molar-refractivity contribution in [1.82, 2.24) is 9.13 Å². The Hall–Kier alpha value is -2.23. The number of ether oxygens (including phenoxy) is 1. The molecule has 3 atom stereocenters. The standard InChI is InChI=1S/C26H34N2O2/c1-6-7-14-27-19-12-15-28(24-25(2,3)17-11-13-26(24,4)16-17)23(29)21(19)18-9-8-10-20(30-5)22(18)27/h8-10,12,15,17,24H,6-7,11,13-14,16H2,1-5H3/t17-,24-,26+/m1/s1. The van der Waals surface area contributed by atoms with Gasteiger partial charge in [0.05, 0.1) is 23.5 Å². The molecule has 2 bridgehead atoms. The first-order valence-electron chi connectivity index (χ1n) is 11.5. The van der Waals surface area contributed by atoms with E-state index in [-0.39, 0.29) is 22.4 Å². The molecule has 4 heteroatoms. The molecule has 2 aliphatic rings. The van der Waals surface area contributed by atoms with Crippen molar-refractivity contribution >= 4 is 21.8 Å². The largest absolute Gasteiger partial charge is 0.495 e. The van der Waals surface area contributed by atoms with E-state index in [1.165, 1.54) is 19.3 Å². The molecule has 4 nitrogen and oxygen atoms in total. The lowest BCUT2D eigenvalue weighted by atomic mass is 9.68. The molecule has 30 heavy (non-hydrogen) atoms. The predicted octanol–water partition coefficient (Wildman–Crippen LogP) is 6.15. The van der Waals surface area contributed by atoms with Crippen molar-refractivity contribution in [3.63, 3.8) is 0 Å². The van der Waals surface area contributed by atoms with Gasteiger partial charge >= 0.3 is 0 Å². The summed E-state index contributed by atoms with van der Waals surface area (Å²) in [4.78, 5) is 14.0. The first-order chi connectivity index (χ1) is 14.3. The molecule has 160 valence electrons. The molecule has 5 rings (SSSR count). The van der Waals surface area contributed by atoms with Crippen molar-refractivity contribution in [2.45, 2.75) is 72.4 Å². The van der Waals surface area contributed by atoms with E-state index < -0.39 is 0 Å². The highest BCUT2D eigenvalue weighted by Gasteiger charge is 2.60. The molecule has 3 aromatic rings. The lowest BCUT2D eigenvalue weighted by Crippen LogP contribution is -2.41. The molecule has 0 radical (unpaired) electrons. The Bertz CT molecular complexity index is 1180. The van der Waals surface area contributed by atoms with Gasteiger partial charge in [-0.05, 0) is 54.6 Å². The lowest BCUT2D eigenvalue weighted by Gasteiger charge is -2.43. The van der Waals surface area contributed by atoms with Gasteiger partial charge in [0.1, 0.15) is 5.75 Å². The molecular formula is C26H34N2O2. The Kier molecular flexibility index (Phi) is 4.36. The van der Waals surface area contributed by atoms with Crippen molar-refractivity contribution in [3.8, 4) is 5.75 Å². The van der Waals surface area contributed by atoms with E-state index in [0.29, 0.717) is 5.92 Å². The van der Waals surface area contributed by atoms with Crippen LogP contribution in [0.5, 0.6) is 5.75 Å². The predicted molar refractivity (Wildman–Crippen MR) is 123 cm³/mol. The van der Waals surface area contributed by atoms with Crippen molar-refractivity contribution in [2.24, 2.45) is 16.7 Å². The fourth-order valence-corrected chi connectivity index (χ4v) is 7.03. The van der Waals surface area contributed by atoms with E-state index in [4.69, 9.17) is 4.74 Å². The van der Waals surface area contributed by atoms with E-state index in [1.54, 1.807) is 7.11 Å². The van der Waals surface area contributed by atoms with Gasteiger partial charge < -0.3 is 13.9 Å². The number of hydrogen-bond donors (Lipinski definition) is 0. The van der Waals surface area contributed by atoms with Crippen LogP contribution >= 0.6 is 0 Å². The molecule has 2 saturated carbocycles. The maximum Gasteiger partial charge on any atom is 0.260 e. The second kappa shape index (κ2) is 6.63. The zero-order valence-electron chi connectivity index (χ0n) is 19.0. The molecule has 0 unspecified atom stereocenters. The highest BCUT2D eigenvalue weighted by molar-refractivity contribution is 6.09. The maximum absolute atomic E-state index is 14.0. The Morgan fingerprint density at radius 1 is 1.20 bits per heavy atom. The molecule has 0 spiro atoms. The van der Waals surface area contributed by atoms with Gasteiger partial charge in [-0.2, -0.15) is 0 Å². The Balaban J connectivity index is 1.80. The van der Waals surface area contributed by atoms with Gasteiger partial charge in [0.15, 0.2) is 0 Å². The summed E-state index contributed by atoms with van der Waals surface area (Å²) in [5.74, 6) is 1.55. The summed E-state index contributed by atoms with van der Waals surface area (Å²) in [5.41, 5.74) is 2.60. The summed E-state index contributed by atoms with van der Waals surface area (Å²) in [6.45, 7) is 10.2. The van der Waals surface area contributed by atoms with Gasteiger partial charge in [-0.3, -0.25) is 4.79 Å². The van der Waals surface area contributed by atoms with Crippen molar-refractivity contribution in [3.05, 3.63) is 40.8 Å². The molecule has 0 amide bonds. The van der Waals surface area contributed by atoms with Gasteiger partial charge in [0.2, 0.25) is 0 Å². The minimum atomic E-state index is 0.142. The molecule has 0 aliphatic heterocycles. The third-order valence-electron chi connectivity index (χ3n) is 8.35. The van der Waals surface area contributed by atoms with Crippen LogP contribution < -0.4 is 10.3 Å². The smallest absolute Gasteiger partial charge is 0.260 e. The fourth-order valence-electron chi connectivity index (χ4n) is 7.03. The maximum atomic E-state index is 14.0. The number of hydrogen-bond acceptors (Lipinski definition) is 2. The quantitative estimate of drug-likeness (QED) is 0.509. The van der Waals surface area contributed by atoms with E-state index in [1.807, 2.05) is 12.1 Å². The minimum absolute atomic E-state index is 0.142. The second-order valence-electron chi connectivity index (χ2n) is 10.5. The molecule has 2 fully saturated rings. The number of nitrogens with zero attached hydrogens (tertiary/aromatic N) is 2. The molecule has 1 aromatic carbocycles. The number of benzene rings is 1. The fraction of sp³-hybridized carbons (Fsp3) is 0.577. The van der Waals surface area contributed by atoms with Gasteiger partial charge in [0, 0.05) is 24.2 Å². The van der Waals surface area contributed by atoms with Crippen LogP contribution in [0.15, 0.2) is 35.3 Å². The number of aryl methyl sites for hydroxylation is 1. The molecule has 2 aliphatic carbocycles. The number of unbranched alkanes of at least 4 members (excludes halogenated alkanes) is 1. The molecule has 2 aromatic heterocycles. The topological polar surface area (TPSA) is 36.2 Å². The van der Waals surface area contributed by atoms with Crippen LogP contribution in [0.4, 0.5) is 0 Å². The summed E-state index contributed by atoms with van der Waals surface area (Å²) in [7, 11) is 1.72. The third kappa shape index (κ3) is 2.48.